The molecule has 2 aromatic carbocycles. The fourth-order valence-corrected chi connectivity index (χ4v) is 5.87. The summed E-state index contributed by atoms with van der Waals surface area (Å²) in [6.07, 6.45) is 4.34. The molecule has 2 aromatic rings. The number of hydrogen-bond donors (Lipinski definition) is 2. The molecule has 0 spiro atoms. The van der Waals surface area contributed by atoms with Crippen LogP contribution in [-0.2, 0) is 0 Å². The second kappa shape index (κ2) is 10.7. The SMILES string of the molecule is C[C@@H](Nc1cc(C2CCN(C3CCCN(C(N)=O)C3)CC2)ccc1Cl)c1ccc(Cl)cc1Cl. The zero-order valence-corrected chi connectivity index (χ0v) is 21.1. The smallest absolute Gasteiger partial charge is 0.314 e. The first-order valence-corrected chi connectivity index (χ1v) is 12.7. The molecule has 0 aromatic heterocycles. The van der Waals surface area contributed by atoms with Gasteiger partial charge in [0.15, 0.2) is 0 Å². The second-order valence-electron chi connectivity index (χ2n) is 9.16. The monoisotopic (exact) mass is 508 g/mol. The summed E-state index contributed by atoms with van der Waals surface area (Å²) in [5.41, 5.74) is 8.71. The van der Waals surface area contributed by atoms with E-state index in [0.29, 0.717) is 27.0 Å². The molecule has 0 saturated carbocycles. The van der Waals surface area contributed by atoms with Crippen molar-refractivity contribution < 1.29 is 4.79 Å². The van der Waals surface area contributed by atoms with Gasteiger partial charge in [0.1, 0.15) is 0 Å². The molecule has 3 N–H and O–H groups in total. The lowest BCUT2D eigenvalue weighted by Crippen LogP contribution is -2.52. The number of likely N-dealkylation sites (tertiary alicyclic amines) is 2. The number of anilines is 1. The van der Waals surface area contributed by atoms with Crippen LogP contribution in [0.2, 0.25) is 15.1 Å². The number of nitrogens with one attached hydrogen (secondary N) is 1. The number of carbonyl (C=O) groups is 1. The van der Waals surface area contributed by atoms with Gasteiger partial charge < -0.3 is 16.0 Å². The third-order valence-electron chi connectivity index (χ3n) is 7.02. The highest BCUT2D eigenvalue weighted by atomic mass is 35.5. The van der Waals surface area contributed by atoms with E-state index in [0.717, 1.165) is 63.1 Å². The van der Waals surface area contributed by atoms with Crippen LogP contribution in [0.1, 0.15) is 55.7 Å². The van der Waals surface area contributed by atoms with E-state index in [9.17, 15) is 4.79 Å². The third-order valence-corrected chi connectivity index (χ3v) is 7.91. The Labute approximate surface area is 211 Å². The van der Waals surface area contributed by atoms with Crippen LogP contribution in [0.5, 0.6) is 0 Å². The van der Waals surface area contributed by atoms with E-state index in [-0.39, 0.29) is 12.1 Å². The number of urea groups is 1. The third kappa shape index (κ3) is 5.89. The highest BCUT2D eigenvalue weighted by Crippen LogP contribution is 2.36. The summed E-state index contributed by atoms with van der Waals surface area (Å²) in [5, 5.41) is 5.48. The summed E-state index contributed by atoms with van der Waals surface area (Å²) < 4.78 is 0. The minimum Gasteiger partial charge on any atom is -0.377 e. The van der Waals surface area contributed by atoms with E-state index in [4.69, 9.17) is 40.5 Å². The van der Waals surface area contributed by atoms with Crippen LogP contribution in [0.15, 0.2) is 36.4 Å². The Balaban J connectivity index is 1.39. The molecule has 0 radical (unpaired) electrons. The molecule has 2 fully saturated rings. The molecule has 2 aliphatic heterocycles. The molecule has 2 heterocycles. The molecule has 1 unspecified atom stereocenters. The van der Waals surface area contributed by atoms with Crippen molar-refractivity contribution >= 4 is 46.5 Å². The van der Waals surface area contributed by atoms with Gasteiger partial charge in [-0.1, -0.05) is 46.9 Å². The second-order valence-corrected chi connectivity index (χ2v) is 10.4. The van der Waals surface area contributed by atoms with Crippen molar-refractivity contribution in [3.8, 4) is 0 Å². The summed E-state index contributed by atoms with van der Waals surface area (Å²) in [6.45, 7) is 5.66. The van der Waals surface area contributed by atoms with Gasteiger partial charge in [-0.2, -0.15) is 0 Å². The first-order chi connectivity index (χ1) is 15.8. The summed E-state index contributed by atoms with van der Waals surface area (Å²) >= 11 is 19.0. The predicted molar refractivity (Wildman–Crippen MR) is 138 cm³/mol. The molecule has 2 amide bonds. The quantitative estimate of drug-likeness (QED) is 0.481. The van der Waals surface area contributed by atoms with Gasteiger partial charge in [-0.25, -0.2) is 4.79 Å². The molecule has 178 valence electrons. The topological polar surface area (TPSA) is 61.6 Å². The number of piperidine rings is 2. The van der Waals surface area contributed by atoms with E-state index < -0.39 is 0 Å². The fraction of sp³-hybridized carbons (Fsp3) is 0.480. The largest absolute Gasteiger partial charge is 0.377 e. The average molecular weight is 510 g/mol. The molecule has 33 heavy (non-hydrogen) atoms. The molecule has 0 aliphatic carbocycles. The number of amides is 2. The van der Waals surface area contributed by atoms with Gasteiger partial charge in [0.05, 0.1) is 16.8 Å². The van der Waals surface area contributed by atoms with Gasteiger partial charge in [-0.3, -0.25) is 4.90 Å². The first-order valence-electron chi connectivity index (χ1n) is 11.6. The van der Waals surface area contributed by atoms with Crippen molar-refractivity contribution in [2.45, 2.75) is 50.6 Å². The minimum atomic E-state index is -0.301. The van der Waals surface area contributed by atoms with E-state index in [1.54, 1.807) is 11.0 Å². The molecular weight excluding hydrogens is 479 g/mol. The lowest BCUT2D eigenvalue weighted by molar-refractivity contribution is 0.0910. The number of halogens is 3. The summed E-state index contributed by atoms with van der Waals surface area (Å²) in [6, 6.07) is 12.0. The number of nitrogens with two attached hydrogens (primary N) is 1. The number of benzene rings is 2. The van der Waals surface area contributed by atoms with E-state index in [1.807, 2.05) is 18.2 Å². The molecule has 2 atom stereocenters. The van der Waals surface area contributed by atoms with Crippen LogP contribution in [-0.4, -0.2) is 48.1 Å². The van der Waals surface area contributed by atoms with Crippen molar-refractivity contribution in [3.63, 3.8) is 0 Å². The van der Waals surface area contributed by atoms with Crippen molar-refractivity contribution in [2.75, 3.05) is 31.5 Å². The average Bonchev–Trinajstić information content (AvgIpc) is 2.80. The number of primary amides is 1. The predicted octanol–water partition coefficient (Wildman–Crippen LogP) is 6.54. The Morgan fingerprint density at radius 1 is 1.03 bits per heavy atom. The van der Waals surface area contributed by atoms with Crippen LogP contribution in [0.3, 0.4) is 0 Å². The highest BCUT2D eigenvalue weighted by molar-refractivity contribution is 6.35. The van der Waals surface area contributed by atoms with Gasteiger partial charge in [0.2, 0.25) is 0 Å². The number of carbonyl (C=O) groups excluding carboxylic acids is 1. The van der Waals surface area contributed by atoms with Gasteiger partial charge in [0, 0.05) is 29.2 Å². The molecular formula is C25H31Cl3N4O. The number of hydrogen-bond acceptors (Lipinski definition) is 3. The lowest BCUT2D eigenvalue weighted by Gasteiger charge is -2.42. The minimum absolute atomic E-state index is 0.0103. The van der Waals surface area contributed by atoms with E-state index in [1.165, 1.54) is 5.56 Å². The first kappa shape index (κ1) is 24.5. The summed E-state index contributed by atoms with van der Waals surface area (Å²) in [5.74, 6) is 0.490. The Morgan fingerprint density at radius 3 is 2.48 bits per heavy atom. The van der Waals surface area contributed by atoms with Gasteiger partial charge in [-0.05, 0) is 87.0 Å². The van der Waals surface area contributed by atoms with Crippen molar-refractivity contribution in [3.05, 3.63) is 62.6 Å². The van der Waals surface area contributed by atoms with Crippen LogP contribution in [0.4, 0.5) is 10.5 Å². The zero-order valence-electron chi connectivity index (χ0n) is 18.9. The lowest BCUT2D eigenvalue weighted by atomic mass is 9.88. The molecule has 2 aliphatic rings. The fourth-order valence-electron chi connectivity index (χ4n) is 5.12. The van der Waals surface area contributed by atoms with Gasteiger partial charge in [0.25, 0.3) is 0 Å². The Morgan fingerprint density at radius 2 is 1.79 bits per heavy atom. The van der Waals surface area contributed by atoms with E-state index >= 15 is 0 Å². The van der Waals surface area contributed by atoms with Crippen molar-refractivity contribution in [2.24, 2.45) is 5.73 Å². The number of nitrogens with zero attached hydrogens (tertiary/aromatic N) is 2. The summed E-state index contributed by atoms with van der Waals surface area (Å²) in [7, 11) is 0. The maximum atomic E-state index is 11.6. The highest BCUT2D eigenvalue weighted by Gasteiger charge is 2.30. The standard InChI is InChI=1S/C25H31Cl3N4O/c1-16(21-6-5-19(26)14-23(21)28)30-24-13-18(4-7-22(24)27)17-8-11-31(12-9-17)20-3-2-10-32(15-20)25(29)33/h4-7,13-14,16-17,20,30H,2-3,8-12,15H2,1H3,(H2,29,33)/t16-,20?/m1/s1. The van der Waals surface area contributed by atoms with Crippen molar-refractivity contribution in [1.29, 1.82) is 0 Å². The van der Waals surface area contributed by atoms with Crippen LogP contribution >= 0.6 is 34.8 Å². The molecule has 0 bridgehead atoms. The Kier molecular flexibility index (Phi) is 7.95. The van der Waals surface area contributed by atoms with Crippen LogP contribution < -0.4 is 11.1 Å². The van der Waals surface area contributed by atoms with Crippen molar-refractivity contribution in [1.82, 2.24) is 9.80 Å². The maximum absolute atomic E-state index is 11.6. The zero-order chi connectivity index (χ0) is 23.5. The summed E-state index contributed by atoms with van der Waals surface area (Å²) in [4.78, 5) is 15.9. The molecule has 4 rings (SSSR count). The van der Waals surface area contributed by atoms with Crippen LogP contribution in [0.25, 0.3) is 0 Å². The molecule has 5 nitrogen and oxygen atoms in total. The Bertz CT molecular complexity index is 994. The van der Waals surface area contributed by atoms with Gasteiger partial charge >= 0.3 is 6.03 Å². The van der Waals surface area contributed by atoms with Crippen LogP contribution in [0, 0.1) is 0 Å². The van der Waals surface area contributed by atoms with E-state index in [2.05, 4.69) is 29.3 Å². The number of rotatable bonds is 5. The molecule has 8 heteroatoms. The molecule has 2 saturated heterocycles. The normalized spacial score (nSPS) is 21.1. The maximum Gasteiger partial charge on any atom is 0.314 e. The Hall–Kier alpha value is -1.66. The van der Waals surface area contributed by atoms with Gasteiger partial charge in [-0.15, -0.1) is 0 Å².